The van der Waals surface area contributed by atoms with E-state index in [2.05, 4.69) is 20.5 Å². The number of fused-ring (bicyclic) bond motifs is 3. The van der Waals surface area contributed by atoms with Crippen LogP contribution in [-0.4, -0.2) is 15.2 Å². The molecular formula is C18H14F4N4S. The fourth-order valence-corrected chi connectivity index (χ4v) is 4.18. The summed E-state index contributed by atoms with van der Waals surface area (Å²) in [7, 11) is 0. The molecule has 3 heterocycles. The quantitative estimate of drug-likeness (QED) is 0.447. The highest BCUT2D eigenvalue weighted by atomic mass is 32.1. The van der Waals surface area contributed by atoms with Gasteiger partial charge in [-0.25, -0.2) is 9.37 Å². The molecule has 0 bridgehead atoms. The summed E-state index contributed by atoms with van der Waals surface area (Å²) in [5.41, 5.74) is 0.941. The van der Waals surface area contributed by atoms with Crippen LogP contribution in [0, 0.1) is 19.7 Å². The van der Waals surface area contributed by atoms with Crippen molar-refractivity contribution in [2.24, 2.45) is 0 Å². The molecule has 0 aliphatic carbocycles. The smallest absolute Gasteiger partial charge is 0.363 e. The Labute approximate surface area is 155 Å². The number of aryl methyl sites for hydroxylation is 1. The van der Waals surface area contributed by atoms with Crippen molar-refractivity contribution < 1.29 is 17.6 Å². The van der Waals surface area contributed by atoms with E-state index in [1.54, 1.807) is 19.1 Å². The highest BCUT2D eigenvalue weighted by molar-refractivity contribution is 7.26. The fraction of sp³-hybridized carbons (Fsp3) is 0.222. The lowest BCUT2D eigenvalue weighted by Gasteiger charge is -2.13. The minimum atomic E-state index is -4.49. The van der Waals surface area contributed by atoms with Crippen LogP contribution in [0.2, 0.25) is 0 Å². The number of halogens is 4. The first-order chi connectivity index (χ1) is 12.8. The van der Waals surface area contributed by atoms with Crippen LogP contribution in [0.1, 0.15) is 22.4 Å². The molecule has 140 valence electrons. The van der Waals surface area contributed by atoms with Crippen molar-refractivity contribution in [1.29, 1.82) is 0 Å². The van der Waals surface area contributed by atoms with Gasteiger partial charge in [-0.2, -0.15) is 18.3 Å². The fourth-order valence-electron chi connectivity index (χ4n) is 3.03. The van der Waals surface area contributed by atoms with Gasteiger partial charge < -0.3 is 5.32 Å². The van der Waals surface area contributed by atoms with Gasteiger partial charge in [0.25, 0.3) is 0 Å². The number of alkyl halides is 3. The van der Waals surface area contributed by atoms with E-state index >= 15 is 0 Å². The highest BCUT2D eigenvalue weighted by Crippen LogP contribution is 2.44. The van der Waals surface area contributed by atoms with Crippen LogP contribution in [0.15, 0.2) is 24.3 Å². The predicted octanol–water partition coefficient (Wildman–Crippen LogP) is 5.56. The summed E-state index contributed by atoms with van der Waals surface area (Å²) in [4.78, 5) is 4.65. The average Bonchev–Trinajstić information content (AvgIpc) is 3.13. The SMILES string of the molecule is Cc1nc2sc3c(NCc4ccc(F)cc4)n[nH]c3c2c(C(F)(F)F)c1C. The van der Waals surface area contributed by atoms with Gasteiger partial charge >= 0.3 is 6.18 Å². The van der Waals surface area contributed by atoms with Gasteiger partial charge in [0.05, 0.1) is 15.8 Å². The number of pyridine rings is 1. The van der Waals surface area contributed by atoms with Crippen molar-refractivity contribution in [1.82, 2.24) is 15.2 Å². The summed E-state index contributed by atoms with van der Waals surface area (Å²) in [5.74, 6) is 0.114. The van der Waals surface area contributed by atoms with E-state index in [1.807, 2.05) is 0 Å². The van der Waals surface area contributed by atoms with Crippen molar-refractivity contribution in [2.75, 3.05) is 5.32 Å². The van der Waals surface area contributed by atoms with Gasteiger partial charge in [-0.15, -0.1) is 11.3 Å². The summed E-state index contributed by atoms with van der Waals surface area (Å²) >= 11 is 1.16. The van der Waals surface area contributed by atoms with E-state index in [1.165, 1.54) is 19.1 Å². The van der Waals surface area contributed by atoms with Gasteiger partial charge in [-0.3, -0.25) is 5.10 Å². The number of nitrogens with one attached hydrogen (secondary N) is 2. The molecule has 1 aromatic carbocycles. The second-order valence-corrected chi connectivity index (χ2v) is 7.23. The third-order valence-corrected chi connectivity index (χ3v) is 5.57. The Morgan fingerprint density at radius 2 is 1.85 bits per heavy atom. The molecule has 0 aliphatic rings. The molecular weight excluding hydrogens is 380 g/mol. The first-order valence-electron chi connectivity index (χ1n) is 8.09. The number of thiophene rings is 1. The lowest BCUT2D eigenvalue weighted by Crippen LogP contribution is -2.10. The molecule has 0 saturated carbocycles. The molecule has 4 aromatic rings. The zero-order valence-electron chi connectivity index (χ0n) is 14.3. The number of rotatable bonds is 3. The molecule has 3 aromatic heterocycles. The van der Waals surface area contributed by atoms with Crippen LogP contribution in [0.25, 0.3) is 20.4 Å². The Morgan fingerprint density at radius 1 is 1.15 bits per heavy atom. The van der Waals surface area contributed by atoms with Crippen LogP contribution >= 0.6 is 11.3 Å². The number of hydrogen-bond acceptors (Lipinski definition) is 4. The first-order valence-corrected chi connectivity index (χ1v) is 8.90. The third kappa shape index (κ3) is 3.01. The maximum atomic E-state index is 13.7. The molecule has 0 saturated heterocycles. The van der Waals surface area contributed by atoms with Crippen LogP contribution in [0.4, 0.5) is 23.4 Å². The monoisotopic (exact) mass is 394 g/mol. The molecule has 0 unspecified atom stereocenters. The molecule has 0 fully saturated rings. The zero-order valence-corrected chi connectivity index (χ0v) is 15.1. The summed E-state index contributed by atoms with van der Waals surface area (Å²) in [6, 6.07) is 5.96. The Kier molecular flexibility index (Phi) is 4.06. The van der Waals surface area contributed by atoms with Gasteiger partial charge in [0.1, 0.15) is 10.6 Å². The van der Waals surface area contributed by atoms with Gasteiger partial charge in [-0.1, -0.05) is 12.1 Å². The number of aromatic amines is 1. The molecule has 9 heteroatoms. The molecule has 0 radical (unpaired) electrons. The van der Waals surface area contributed by atoms with Crippen molar-refractivity contribution in [2.45, 2.75) is 26.6 Å². The second-order valence-electron chi connectivity index (χ2n) is 6.23. The van der Waals surface area contributed by atoms with Crippen LogP contribution in [0.3, 0.4) is 0 Å². The van der Waals surface area contributed by atoms with E-state index in [0.29, 0.717) is 33.1 Å². The number of H-pyrrole nitrogens is 1. The number of benzene rings is 1. The van der Waals surface area contributed by atoms with Crippen LogP contribution in [-0.2, 0) is 12.7 Å². The largest absolute Gasteiger partial charge is 0.417 e. The molecule has 0 amide bonds. The summed E-state index contributed by atoms with van der Waals surface area (Å²) in [5, 5.41) is 9.97. The Morgan fingerprint density at radius 3 is 2.52 bits per heavy atom. The minimum absolute atomic E-state index is 0.0490. The molecule has 0 spiro atoms. The van der Waals surface area contributed by atoms with Crippen molar-refractivity contribution >= 4 is 37.6 Å². The van der Waals surface area contributed by atoms with Crippen molar-refractivity contribution in [3.63, 3.8) is 0 Å². The van der Waals surface area contributed by atoms with Gasteiger partial charge in [0.2, 0.25) is 0 Å². The van der Waals surface area contributed by atoms with Crippen LogP contribution < -0.4 is 5.32 Å². The summed E-state index contributed by atoms with van der Waals surface area (Å²) < 4.78 is 54.6. The first kappa shape index (κ1) is 17.7. The molecule has 27 heavy (non-hydrogen) atoms. The highest BCUT2D eigenvalue weighted by Gasteiger charge is 2.37. The number of hydrogen-bond donors (Lipinski definition) is 2. The minimum Gasteiger partial charge on any atom is -0.363 e. The van der Waals surface area contributed by atoms with E-state index in [0.717, 1.165) is 16.9 Å². The molecule has 0 aliphatic heterocycles. The molecule has 4 rings (SSSR count). The average molecular weight is 394 g/mol. The molecule has 4 nitrogen and oxygen atoms in total. The van der Waals surface area contributed by atoms with Gasteiger partial charge in [0, 0.05) is 17.6 Å². The Balaban J connectivity index is 1.80. The maximum absolute atomic E-state index is 13.7. The van der Waals surface area contributed by atoms with Crippen molar-refractivity contribution in [3.8, 4) is 0 Å². The lowest BCUT2D eigenvalue weighted by molar-refractivity contribution is -0.136. The van der Waals surface area contributed by atoms with Gasteiger partial charge in [-0.05, 0) is 37.1 Å². The van der Waals surface area contributed by atoms with E-state index in [9.17, 15) is 17.6 Å². The standard InChI is InChI=1S/C18H14F4N4S/c1-8-9(2)24-17-12(13(8)18(20,21)22)14-15(27-17)16(26-25-14)23-7-10-3-5-11(19)6-4-10/h3-6H,7H2,1-2H3,(H2,23,25,26). The lowest BCUT2D eigenvalue weighted by atomic mass is 10.0. The Bertz CT molecular complexity index is 1140. The van der Waals surface area contributed by atoms with Gasteiger partial charge in [0.15, 0.2) is 5.82 Å². The number of anilines is 1. The maximum Gasteiger partial charge on any atom is 0.417 e. The second kappa shape index (κ2) is 6.19. The molecule has 2 N–H and O–H groups in total. The number of aromatic nitrogens is 3. The predicted molar refractivity (Wildman–Crippen MR) is 97.5 cm³/mol. The zero-order chi connectivity index (χ0) is 19.3. The van der Waals surface area contributed by atoms with Crippen molar-refractivity contribution in [3.05, 3.63) is 52.5 Å². The molecule has 0 atom stereocenters. The summed E-state index contributed by atoms with van der Waals surface area (Å²) in [6.45, 7) is 3.37. The number of nitrogens with zero attached hydrogens (tertiary/aromatic N) is 2. The summed E-state index contributed by atoms with van der Waals surface area (Å²) in [6.07, 6.45) is -4.49. The van der Waals surface area contributed by atoms with Crippen LogP contribution in [0.5, 0.6) is 0 Å². The topological polar surface area (TPSA) is 53.6 Å². The van der Waals surface area contributed by atoms with E-state index in [-0.39, 0.29) is 16.8 Å². The van der Waals surface area contributed by atoms with E-state index < -0.39 is 11.7 Å². The van der Waals surface area contributed by atoms with E-state index in [4.69, 9.17) is 0 Å². The normalized spacial score (nSPS) is 12.2. The Hall–Kier alpha value is -2.68. The third-order valence-electron chi connectivity index (χ3n) is 4.48.